The van der Waals surface area contributed by atoms with E-state index in [0.29, 0.717) is 0 Å². The quantitative estimate of drug-likeness (QED) is 0.912. The Morgan fingerprint density at radius 2 is 1.86 bits per heavy atom. The average molecular weight is 295 g/mol. The number of hydrogen-bond acceptors (Lipinski definition) is 3. The smallest absolute Gasteiger partial charge is 0.128 e. The molecule has 3 heteroatoms. The fourth-order valence-corrected chi connectivity index (χ4v) is 3.02. The topological polar surface area (TPSA) is 28.2 Å². The Kier molecular flexibility index (Phi) is 5.07. The Labute approximate surface area is 133 Å². The van der Waals surface area contributed by atoms with Crippen molar-refractivity contribution in [3.8, 4) is 0 Å². The summed E-state index contributed by atoms with van der Waals surface area (Å²) in [5, 5.41) is 3.54. The number of pyridine rings is 1. The fraction of sp³-hybridized carbons (Fsp3) is 0.421. The Morgan fingerprint density at radius 3 is 2.68 bits per heavy atom. The highest BCUT2D eigenvalue weighted by molar-refractivity contribution is 5.41. The highest BCUT2D eigenvalue weighted by Crippen LogP contribution is 2.18. The molecular weight excluding hydrogens is 270 g/mol. The SMILES string of the molecule is Cc1ccccc1CNCc1ccnc(N2CCCCC2)c1. The molecule has 22 heavy (non-hydrogen) atoms. The van der Waals surface area contributed by atoms with Gasteiger partial charge in [-0.15, -0.1) is 0 Å². The molecule has 0 bridgehead atoms. The molecule has 1 aliphatic rings. The molecule has 1 fully saturated rings. The van der Waals surface area contributed by atoms with Crippen molar-refractivity contribution >= 4 is 5.82 Å². The van der Waals surface area contributed by atoms with Crippen molar-refractivity contribution in [1.82, 2.24) is 10.3 Å². The summed E-state index contributed by atoms with van der Waals surface area (Å²) < 4.78 is 0. The van der Waals surface area contributed by atoms with Crippen LogP contribution in [0.4, 0.5) is 5.82 Å². The van der Waals surface area contributed by atoms with Gasteiger partial charge in [0.05, 0.1) is 0 Å². The van der Waals surface area contributed by atoms with E-state index in [2.05, 4.69) is 58.5 Å². The zero-order valence-corrected chi connectivity index (χ0v) is 13.4. The van der Waals surface area contributed by atoms with Crippen LogP contribution >= 0.6 is 0 Å². The lowest BCUT2D eigenvalue weighted by Crippen LogP contribution is -2.30. The van der Waals surface area contributed by atoms with Crippen LogP contribution in [0.2, 0.25) is 0 Å². The number of hydrogen-bond donors (Lipinski definition) is 1. The molecule has 3 nitrogen and oxygen atoms in total. The number of nitrogens with zero attached hydrogens (tertiary/aromatic N) is 2. The molecule has 1 aromatic carbocycles. The van der Waals surface area contributed by atoms with E-state index < -0.39 is 0 Å². The third-order valence-corrected chi connectivity index (χ3v) is 4.40. The van der Waals surface area contributed by atoms with Gasteiger partial charge >= 0.3 is 0 Å². The molecule has 116 valence electrons. The maximum Gasteiger partial charge on any atom is 0.128 e. The molecule has 2 aromatic rings. The van der Waals surface area contributed by atoms with Crippen LogP contribution in [0.15, 0.2) is 42.6 Å². The molecule has 0 radical (unpaired) electrons. The summed E-state index contributed by atoms with van der Waals surface area (Å²) in [6.45, 7) is 6.25. The normalized spacial score (nSPS) is 15.0. The maximum atomic E-state index is 4.54. The molecule has 2 heterocycles. The van der Waals surface area contributed by atoms with Crippen molar-refractivity contribution in [2.45, 2.75) is 39.3 Å². The highest BCUT2D eigenvalue weighted by Gasteiger charge is 2.12. The van der Waals surface area contributed by atoms with Crippen LogP contribution in [-0.4, -0.2) is 18.1 Å². The molecule has 1 N–H and O–H groups in total. The second kappa shape index (κ2) is 7.41. The van der Waals surface area contributed by atoms with Crippen molar-refractivity contribution in [3.63, 3.8) is 0 Å². The van der Waals surface area contributed by atoms with Crippen molar-refractivity contribution in [2.75, 3.05) is 18.0 Å². The van der Waals surface area contributed by atoms with Gasteiger partial charge in [0.15, 0.2) is 0 Å². The number of piperidine rings is 1. The van der Waals surface area contributed by atoms with Crippen LogP contribution in [0, 0.1) is 6.92 Å². The Hall–Kier alpha value is -1.87. The second-order valence-corrected chi connectivity index (χ2v) is 6.10. The highest BCUT2D eigenvalue weighted by atomic mass is 15.2. The molecule has 0 amide bonds. The molecule has 1 saturated heterocycles. The molecule has 1 aromatic heterocycles. The van der Waals surface area contributed by atoms with Gasteiger partial charge in [-0.3, -0.25) is 0 Å². The summed E-state index contributed by atoms with van der Waals surface area (Å²) >= 11 is 0. The minimum atomic E-state index is 0.887. The van der Waals surface area contributed by atoms with E-state index in [9.17, 15) is 0 Å². The van der Waals surface area contributed by atoms with Crippen molar-refractivity contribution < 1.29 is 0 Å². The Balaban J connectivity index is 1.57. The number of aromatic nitrogens is 1. The summed E-state index contributed by atoms with van der Waals surface area (Å²) in [5.74, 6) is 1.13. The predicted molar refractivity (Wildman–Crippen MR) is 92.0 cm³/mol. The summed E-state index contributed by atoms with van der Waals surface area (Å²) in [7, 11) is 0. The number of rotatable bonds is 5. The molecule has 0 unspecified atom stereocenters. The lowest BCUT2D eigenvalue weighted by Gasteiger charge is -2.27. The zero-order chi connectivity index (χ0) is 15.2. The van der Waals surface area contributed by atoms with Crippen molar-refractivity contribution in [1.29, 1.82) is 0 Å². The van der Waals surface area contributed by atoms with Crippen LogP contribution < -0.4 is 10.2 Å². The number of anilines is 1. The first kappa shape index (κ1) is 15.0. The first-order valence-electron chi connectivity index (χ1n) is 8.28. The van der Waals surface area contributed by atoms with E-state index in [1.54, 1.807) is 0 Å². The summed E-state index contributed by atoms with van der Waals surface area (Å²) in [4.78, 5) is 6.95. The van der Waals surface area contributed by atoms with Crippen LogP contribution in [0.5, 0.6) is 0 Å². The molecule has 1 aliphatic heterocycles. The van der Waals surface area contributed by atoms with Gasteiger partial charge in [-0.05, 0) is 55.0 Å². The first-order chi connectivity index (χ1) is 10.8. The van der Waals surface area contributed by atoms with Gasteiger partial charge in [0.25, 0.3) is 0 Å². The molecule has 0 saturated carbocycles. The summed E-state index contributed by atoms with van der Waals surface area (Å²) in [6.07, 6.45) is 5.87. The summed E-state index contributed by atoms with van der Waals surface area (Å²) in [6, 6.07) is 12.9. The molecule has 3 rings (SSSR count). The molecule has 0 atom stereocenters. The van der Waals surface area contributed by atoms with Crippen LogP contribution in [-0.2, 0) is 13.1 Å². The molecule has 0 spiro atoms. The van der Waals surface area contributed by atoms with E-state index in [1.165, 1.54) is 36.0 Å². The van der Waals surface area contributed by atoms with Crippen molar-refractivity contribution in [2.24, 2.45) is 0 Å². The van der Waals surface area contributed by atoms with Crippen LogP contribution in [0.1, 0.15) is 36.0 Å². The fourth-order valence-electron chi connectivity index (χ4n) is 3.02. The van der Waals surface area contributed by atoms with Crippen molar-refractivity contribution in [3.05, 3.63) is 59.3 Å². The number of nitrogens with one attached hydrogen (secondary N) is 1. The van der Waals surface area contributed by atoms with E-state index in [4.69, 9.17) is 0 Å². The number of aryl methyl sites for hydroxylation is 1. The van der Waals surface area contributed by atoms with E-state index in [-0.39, 0.29) is 0 Å². The lowest BCUT2D eigenvalue weighted by molar-refractivity contribution is 0.573. The lowest BCUT2D eigenvalue weighted by atomic mass is 10.1. The van der Waals surface area contributed by atoms with E-state index in [1.807, 2.05) is 6.20 Å². The third kappa shape index (κ3) is 3.86. The monoisotopic (exact) mass is 295 g/mol. The van der Waals surface area contributed by atoms with E-state index in [0.717, 1.165) is 32.0 Å². The van der Waals surface area contributed by atoms with Crippen LogP contribution in [0.3, 0.4) is 0 Å². The van der Waals surface area contributed by atoms with Gasteiger partial charge in [0.2, 0.25) is 0 Å². The van der Waals surface area contributed by atoms with Gasteiger partial charge in [0, 0.05) is 32.4 Å². The summed E-state index contributed by atoms with van der Waals surface area (Å²) in [5.41, 5.74) is 4.02. The van der Waals surface area contributed by atoms with Gasteiger partial charge in [0.1, 0.15) is 5.82 Å². The molecule has 0 aliphatic carbocycles. The minimum absolute atomic E-state index is 0.887. The second-order valence-electron chi connectivity index (χ2n) is 6.10. The average Bonchev–Trinajstić information content (AvgIpc) is 2.58. The number of benzene rings is 1. The molecular formula is C19H25N3. The van der Waals surface area contributed by atoms with Gasteiger partial charge in [-0.2, -0.15) is 0 Å². The van der Waals surface area contributed by atoms with Gasteiger partial charge in [-0.1, -0.05) is 24.3 Å². The van der Waals surface area contributed by atoms with Gasteiger partial charge < -0.3 is 10.2 Å². The Morgan fingerprint density at radius 1 is 1.05 bits per heavy atom. The third-order valence-electron chi connectivity index (χ3n) is 4.40. The first-order valence-corrected chi connectivity index (χ1v) is 8.28. The van der Waals surface area contributed by atoms with Crippen LogP contribution in [0.25, 0.3) is 0 Å². The standard InChI is InChI=1S/C19H25N3/c1-16-7-3-4-8-18(16)15-20-14-17-9-10-21-19(13-17)22-11-5-2-6-12-22/h3-4,7-10,13,20H,2,5-6,11-12,14-15H2,1H3. The van der Waals surface area contributed by atoms with Gasteiger partial charge in [-0.25, -0.2) is 4.98 Å². The minimum Gasteiger partial charge on any atom is -0.357 e. The zero-order valence-electron chi connectivity index (χ0n) is 13.4. The maximum absolute atomic E-state index is 4.54. The Bertz CT molecular complexity index is 603. The predicted octanol–water partition coefficient (Wildman–Crippen LogP) is 3.67. The van der Waals surface area contributed by atoms with E-state index >= 15 is 0 Å². The largest absolute Gasteiger partial charge is 0.357 e.